The van der Waals surface area contributed by atoms with E-state index in [0.29, 0.717) is 16.0 Å². The molecule has 26 heavy (non-hydrogen) atoms. The van der Waals surface area contributed by atoms with Gasteiger partial charge in [-0.2, -0.15) is 9.78 Å². The number of aromatic nitrogens is 8. The summed E-state index contributed by atoms with van der Waals surface area (Å²) in [5.74, 6) is -0.0111. The molecule has 4 aromatic rings. The molecule has 0 bridgehead atoms. The predicted molar refractivity (Wildman–Crippen MR) is 91.4 cm³/mol. The Kier molecular flexibility index (Phi) is 4.07. The number of tetrazole rings is 1. The first-order valence-electron chi connectivity index (χ1n) is 7.44. The lowest BCUT2D eigenvalue weighted by atomic mass is 10.1. The average molecular weight is 368 g/mol. The van der Waals surface area contributed by atoms with E-state index in [4.69, 9.17) is 5.73 Å². The van der Waals surface area contributed by atoms with Crippen LogP contribution in [0, 0.1) is 0 Å². The highest BCUT2D eigenvalue weighted by Gasteiger charge is 2.24. The normalized spacial score (nSPS) is 12.0. The first-order chi connectivity index (χ1) is 12.7. The van der Waals surface area contributed by atoms with Crippen molar-refractivity contribution in [2.75, 3.05) is 5.73 Å². The average Bonchev–Trinajstić information content (AvgIpc) is 3.40. The van der Waals surface area contributed by atoms with E-state index in [1.165, 1.54) is 28.5 Å². The van der Waals surface area contributed by atoms with E-state index in [0.717, 1.165) is 5.56 Å². The van der Waals surface area contributed by atoms with Crippen molar-refractivity contribution in [2.45, 2.75) is 6.04 Å². The van der Waals surface area contributed by atoms with Crippen LogP contribution >= 0.6 is 11.3 Å². The summed E-state index contributed by atoms with van der Waals surface area (Å²) in [7, 11) is 0. The third kappa shape index (κ3) is 3.00. The predicted octanol–water partition coefficient (Wildman–Crippen LogP) is 0.339. The van der Waals surface area contributed by atoms with Gasteiger partial charge in [0.1, 0.15) is 22.9 Å². The minimum absolute atomic E-state index is 0.288. The lowest BCUT2D eigenvalue weighted by Gasteiger charge is -2.16. The number of hydrogen-bond acceptors (Lipinski definition) is 9. The fourth-order valence-electron chi connectivity index (χ4n) is 2.39. The van der Waals surface area contributed by atoms with E-state index >= 15 is 0 Å². The molecule has 1 aromatic carbocycles. The van der Waals surface area contributed by atoms with Crippen LogP contribution in [0.1, 0.15) is 27.0 Å². The van der Waals surface area contributed by atoms with Gasteiger partial charge in [-0.15, -0.1) is 15.3 Å². The van der Waals surface area contributed by atoms with Crippen LogP contribution in [0.3, 0.4) is 0 Å². The van der Waals surface area contributed by atoms with E-state index in [1.54, 1.807) is 0 Å². The standard InChI is InChI=1S/C14H12N10OS/c15-14-21-20-13(26-14)10(8-4-2-1-3-5-8)18-12(25)9-6-16-19-11(9)24-7-17-22-23-24/h1-7,10H,(H2,15,21)(H,16,19)(H,18,25). The highest BCUT2D eigenvalue weighted by molar-refractivity contribution is 7.15. The third-order valence-electron chi connectivity index (χ3n) is 3.55. The molecule has 0 spiro atoms. The summed E-state index contributed by atoms with van der Waals surface area (Å²) >= 11 is 1.21. The van der Waals surface area contributed by atoms with Crippen molar-refractivity contribution >= 4 is 22.4 Å². The molecule has 0 fully saturated rings. The van der Waals surface area contributed by atoms with Crippen molar-refractivity contribution in [2.24, 2.45) is 0 Å². The molecule has 0 radical (unpaired) electrons. The van der Waals surface area contributed by atoms with Gasteiger partial charge in [0.15, 0.2) is 5.82 Å². The summed E-state index contributed by atoms with van der Waals surface area (Å²) in [4.78, 5) is 12.9. The molecule has 3 heterocycles. The second kappa shape index (κ2) is 6.68. The maximum atomic E-state index is 12.9. The van der Waals surface area contributed by atoms with Gasteiger partial charge in [0, 0.05) is 0 Å². The Hall–Kier alpha value is -3.67. The Morgan fingerprint density at radius 2 is 2.12 bits per heavy atom. The van der Waals surface area contributed by atoms with Gasteiger partial charge in [-0.25, -0.2) is 0 Å². The molecule has 0 saturated carbocycles. The fraction of sp³-hybridized carbons (Fsp3) is 0.0714. The quantitative estimate of drug-likeness (QED) is 0.456. The number of nitrogen functional groups attached to an aromatic ring is 1. The van der Waals surface area contributed by atoms with Gasteiger partial charge in [-0.05, 0) is 16.0 Å². The van der Waals surface area contributed by atoms with Gasteiger partial charge in [0.25, 0.3) is 5.91 Å². The SMILES string of the molecule is Nc1nnc(C(NC(=O)c2cn[nH]c2-n2cnnn2)c2ccccc2)s1. The summed E-state index contributed by atoms with van der Waals surface area (Å²) in [5, 5.41) is 29.3. The molecule has 11 nitrogen and oxygen atoms in total. The van der Waals surface area contributed by atoms with Crippen LogP contribution in [0.15, 0.2) is 42.9 Å². The zero-order chi connectivity index (χ0) is 17.9. The second-order valence-electron chi connectivity index (χ2n) is 5.18. The number of rotatable bonds is 5. The molecule has 1 unspecified atom stereocenters. The lowest BCUT2D eigenvalue weighted by molar-refractivity contribution is 0.0942. The monoisotopic (exact) mass is 368 g/mol. The van der Waals surface area contributed by atoms with Crippen LogP contribution in [0.25, 0.3) is 5.82 Å². The fourth-order valence-corrected chi connectivity index (χ4v) is 3.08. The molecule has 1 amide bonds. The Morgan fingerprint density at radius 3 is 2.81 bits per heavy atom. The van der Waals surface area contributed by atoms with E-state index in [1.807, 2.05) is 30.3 Å². The van der Waals surface area contributed by atoms with Gasteiger partial charge in [0.05, 0.1) is 6.20 Å². The zero-order valence-corrected chi connectivity index (χ0v) is 14.0. The number of benzene rings is 1. The number of nitrogens with zero attached hydrogens (tertiary/aromatic N) is 7. The number of aromatic amines is 1. The number of carbonyl (C=O) groups excluding carboxylic acids is 1. The van der Waals surface area contributed by atoms with Crippen LogP contribution in [0.5, 0.6) is 0 Å². The van der Waals surface area contributed by atoms with Crippen molar-refractivity contribution in [1.82, 2.24) is 45.9 Å². The molecule has 4 rings (SSSR count). The van der Waals surface area contributed by atoms with Crippen molar-refractivity contribution in [1.29, 1.82) is 0 Å². The van der Waals surface area contributed by atoms with Gasteiger partial charge in [0.2, 0.25) is 5.13 Å². The molecule has 1 atom stereocenters. The van der Waals surface area contributed by atoms with Crippen molar-refractivity contribution in [3.05, 3.63) is 59.0 Å². The van der Waals surface area contributed by atoms with Crippen LogP contribution < -0.4 is 11.1 Å². The topological polar surface area (TPSA) is 153 Å². The van der Waals surface area contributed by atoms with E-state index in [-0.39, 0.29) is 11.5 Å². The summed E-state index contributed by atoms with van der Waals surface area (Å²) in [6.07, 6.45) is 2.77. The zero-order valence-electron chi connectivity index (χ0n) is 13.1. The molecule has 0 saturated heterocycles. The van der Waals surface area contributed by atoms with E-state index < -0.39 is 6.04 Å². The molecule has 0 aliphatic rings. The first kappa shape index (κ1) is 15.8. The minimum Gasteiger partial charge on any atom is -0.374 e. The maximum Gasteiger partial charge on any atom is 0.257 e. The molecular weight excluding hydrogens is 356 g/mol. The van der Waals surface area contributed by atoms with Crippen LogP contribution in [-0.4, -0.2) is 46.5 Å². The largest absolute Gasteiger partial charge is 0.374 e. The van der Waals surface area contributed by atoms with E-state index in [9.17, 15) is 4.79 Å². The van der Waals surface area contributed by atoms with Crippen LogP contribution in [0.2, 0.25) is 0 Å². The van der Waals surface area contributed by atoms with Crippen molar-refractivity contribution in [3.8, 4) is 5.82 Å². The molecule has 0 aliphatic heterocycles. The summed E-state index contributed by atoms with van der Waals surface area (Å²) in [5.41, 5.74) is 6.84. The summed E-state index contributed by atoms with van der Waals surface area (Å²) in [6.45, 7) is 0. The smallest absolute Gasteiger partial charge is 0.257 e. The van der Waals surface area contributed by atoms with Crippen molar-refractivity contribution in [3.63, 3.8) is 0 Å². The Bertz CT molecular complexity index is 1010. The van der Waals surface area contributed by atoms with E-state index in [2.05, 4.69) is 41.2 Å². The Balaban J connectivity index is 1.67. The number of H-pyrrole nitrogens is 1. The third-order valence-corrected chi connectivity index (χ3v) is 4.37. The molecule has 12 heteroatoms. The summed E-state index contributed by atoms with van der Waals surface area (Å²) < 4.78 is 1.32. The highest BCUT2D eigenvalue weighted by Crippen LogP contribution is 2.26. The Morgan fingerprint density at radius 1 is 1.27 bits per heavy atom. The second-order valence-corrected chi connectivity index (χ2v) is 6.22. The molecule has 4 N–H and O–H groups in total. The molecule has 0 aliphatic carbocycles. The first-order valence-corrected chi connectivity index (χ1v) is 8.25. The maximum absolute atomic E-state index is 12.9. The Labute approximate surface area is 150 Å². The number of amides is 1. The highest BCUT2D eigenvalue weighted by atomic mass is 32.1. The van der Waals surface area contributed by atoms with Gasteiger partial charge >= 0.3 is 0 Å². The summed E-state index contributed by atoms with van der Waals surface area (Å²) in [6, 6.07) is 8.92. The van der Waals surface area contributed by atoms with Crippen LogP contribution in [-0.2, 0) is 0 Å². The number of hydrogen-bond donors (Lipinski definition) is 3. The number of nitrogens with two attached hydrogens (primary N) is 1. The van der Waals surface area contributed by atoms with Gasteiger partial charge < -0.3 is 11.1 Å². The van der Waals surface area contributed by atoms with Gasteiger partial charge in [-0.1, -0.05) is 41.7 Å². The number of nitrogens with one attached hydrogen (secondary N) is 2. The molecule has 3 aromatic heterocycles. The van der Waals surface area contributed by atoms with Crippen LogP contribution in [0.4, 0.5) is 5.13 Å². The number of anilines is 1. The minimum atomic E-state index is -0.505. The lowest BCUT2D eigenvalue weighted by Crippen LogP contribution is -2.30. The van der Waals surface area contributed by atoms with Gasteiger partial charge in [-0.3, -0.25) is 9.89 Å². The molecule has 130 valence electrons. The van der Waals surface area contributed by atoms with Crippen molar-refractivity contribution < 1.29 is 4.79 Å². The molecular formula is C14H12N10OS. The number of carbonyl (C=O) groups is 1.